The van der Waals surface area contributed by atoms with E-state index in [0.717, 1.165) is 0 Å². The number of aliphatic hydroxyl groups excluding tert-OH is 1. The zero-order valence-electron chi connectivity index (χ0n) is 30.7. The number of aliphatic imine (C=N–C) groups is 1. The van der Waals surface area contributed by atoms with Crippen molar-refractivity contribution in [1.82, 2.24) is 31.9 Å². The molecule has 0 aliphatic carbocycles. The number of primary amides is 2. The maximum absolute atomic E-state index is 13.4. The SMILES string of the molecule is CCC(C)C(=O)NC(CSC#N)C(=O)NC(CO)C(=O)N[C@@H](CCCN=C(N)N)C(=O)NC(C)C(=O)N[C@@H](CC(N)=O)C(=O)NC(CCCCN)C(N)=O. The minimum atomic E-state index is -1.62. The van der Waals surface area contributed by atoms with Gasteiger partial charge in [-0.2, -0.15) is 5.26 Å². The Morgan fingerprint density at radius 3 is 1.76 bits per heavy atom. The number of hydrogen-bond acceptors (Lipinski definition) is 13. The first-order chi connectivity index (χ1) is 25.4. The number of aliphatic hydroxyl groups is 1. The number of rotatable bonds is 27. The van der Waals surface area contributed by atoms with Crippen LogP contribution in [0.4, 0.5) is 0 Å². The zero-order chi connectivity index (χ0) is 41.4. The minimum absolute atomic E-state index is 0.0364. The van der Waals surface area contributed by atoms with E-state index in [1.807, 2.05) is 0 Å². The van der Waals surface area contributed by atoms with E-state index >= 15 is 0 Å². The van der Waals surface area contributed by atoms with Crippen molar-refractivity contribution in [3.63, 3.8) is 0 Å². The largest absolute Gasteiger partial charge is 0.394 e. The van der Waals surface area contributed by atoms with Crippen molar-refractivity contribution in [1.29, 1.82) is 5.26 Å². The maximum atomic E-state index is 13.4. The van der Waals surface area contributed by atoms with Gasteiger partial charge >= 0.3 is 0 Å². The van der Waals surface area contributed by atoms with Gasteiger partial charge in [-0.15, -0.1) is 0 Å². The fourth-order valence-corrected chi connectivity index (χ4v) is 4.93. The smallest absolute Gasteiger partial charge is 0.245 e. The van der Waals surface area contributed by atoms with Crippen LogP contribution in [0.2, 0.25) is 0 Å². The normalized spacial score (nSPS) is 14.5. The number of carbonyl (C=O) groups is 8. The standard InChI is InChI=1S/C31H55N13O9S/c1-4-16(2)25(48)44-22(14-54-15-33)30(53)43-21(13-45)29(52)41-19(9-7-11-38-31(36)37)27(50)39-17(3)26(49)42-20(12-23(34)46)28(51)40-18(24(35)47)8-5-6-10-32/h16-22,45H,4-14,32H2,1-3H3,(H2,34,46)(H2,35,47)(H,39,50)(H,40,51)(H,41,52)(H,42,49)(H,43,53)(H,44,48)(H4,36,37,38)/t16?,17?,18?,19-,20-,21?,22?/m0/s1. The number of nitrogens with zero attached hydrogens (tertiary/aromatic N) is 2. The molecular formula is C31H55N13O9S. The monoisotopic (exact) mass is 785 g/mol. The van der Waals surface area contributed by atoms with Gasteiger partial charge < -0.3 is 65.7 Å². The second-order valence-electron chi connectivity index (χ2n) is 12.2. The molecule has 0 rings (SSSR count). The van der Waals surface area contributed by atoms with Crippen LogP contribution in [0, 0.1) is 16.6 Å². The molecule has 0 heterocycles. The summed E-state index contributed by atoms with van der Waals surface area (Å²) in [6.45, 7) is 4.10. The zero-order valence-corrected chi connectivity index (χ0v) is 31.5. The van der Waals surface area contributed by atoms with E-state index in [4.69, 9.17) is 33.9 Å². The van der Waals surface area contributed by atoms with E-state index in [2.05, 4.69) is 36.9 Å². The lowest BCUT2D eigenvalue weighted by Gasteiger charge is -2.26. The van der Waals surface area contributed by atoms with Crippen LogP contribution < -0.4 is 60.6 Å². The fraction of sp³-hybridized carbons (Fsp3) is 0.677. The third-order valence-corrected chi connectivity index (χ3v) is 8.43. The third kappa shape index (κ3) is 19.6. The highest BCUT2D eigenvalue weighted by molar-refractivity contribution is 8.03. The maximum Gasteiger partial charge on any atom is 0.245 e. The van der Waals surface area contributed by atoms with Crippen LogP contribution in [0.25, 0.3) is 0 Å². The highest BCUT2D eigenvalue weighted by Gasteiger charge is 2.32. The van der Waals surface area contributed by atoms with Crippen LogP contribution in [-0.2, 0) is 38.4 Å². The van der Waals surface area contributed by atoms with Crippen LogP contribution in [-0.4, -0.2) is 120 Å². The summed E-state index contributed by atoms with van der Waals surface area (Å²) in [5.41, 5.74) is 26.8. The fourth-order valence-electron chi connectivity index (χ4n) is 4.45. The first-order valence-corrected chi connectivity index (χ1v) is 18.2. The average Bonchev–Trinajstić information content (AvgIpc) is 3.11. The van der Waals surface area contributed by atoms with E-state index in [9.17, 15) is 43.5 Å². The summed E-state index contributed by atoms with van der Waals surface area (Å²) in [5.74, 6) is -7.83. The lowest BCUT2D eigenvalue weighted by atomic mass is 10.1. The van der Waals surface area contributed by atoms with E-state index in [-0.39, 0.29) is 37.5 Å². The van der Waals surface area contributed by atoms with Gasteiger partial charge in [-0.1, -0.05) is 13.8 Å². The predicted molar refractivity (Wildman–Crippen MR) is 198 cm³/mol. The number of nitrogens with two attached hydrogens (primary N) is 5. The van der Waals surface area contributed by atoms with E-state index in [1.165, 1.54) is 6.92 Å². The van der Waals surface area contributed by atoms with Crippen molar-refractivity contribution in [2.24, 2.45) is 39.6 Å². The molecule has 54 heavy (non-hydrogen) atoms. The molecule has 0 bridgehead atoms. The Bertz CT molecular complexity index is 1370. The first kappa shape index (κ1) is 48.8. The molecule has 304 valence electrons. The van der Waals surface area contributed by atoms with Gasteiger partial charge in [0.15, 0.2) is 5.96 Å². The van der Waals surface area contributed by atoms with Crippen LogP contribution in [0.1, 0.15) is 65.7 Å². The topological polar surface area (TPSA) is 395 Å². The summed E-state index contributed by atoms with van der Waals surface area (Å²) in [4.78, 5) is 106. The molecule has 0 aliphatic rings. The van der Waals surface area contributed by atoms with Crippen molar-refractivity contribution < 1.29 is 43.5 Å². The van der Waals surface area contributed by atoms with Gasteiger partial charge in [-0.3, -0.25) is 43.3 Å². The molecule has 23 heteroatoms. The molecule has 17 N–H and O–H groups in total. The summed E-state index contributed by atoms with van der Waals surface area (Å²) in [5, 5.41) is 35.0. The molecule has 0 saturated heterocycles. The molecule has 0 aliphatic heterocycles. The molecule has 0 spiro atoms. The first-order valence-electron chi connectivity index (χ1n) is 17.2. The van der Waals surface area contributed by atoms with Crippen molar-refractivity contribution in [2.75, 3.05) is 25.4 Å². The number of nitriles is 1. The van der Waals surface area contributed by atoms with Crippen LogP contribution >= 0.6 is 11.8 Å². The number of thioether (sulfide) groups is 1. The Hall–Kier alpha value is -5.21. The van der Waals surface area contributed by atoms with Gasteiger partial charge in [-0.05, 0) is 63.8 Å². The van der Waals surface area contributed by atoms with Crippen LogP contribution in [0.3, 0.4) is 0 Å². The number of amides is 8. The average molecular weight is 786 g/mol. The molecule has 22 nitrogen and oxygen atoms in total. The lowest BCUT2D eigenvalue weighted by Crippen LogP contribution is -2.60. The van der Waals surface area contributed by atoms with E-state index in [1.54, 1.807) is 19.2 Å². The molecule has 0 radical (unpaired) electrons. The summed E-state index contributed by atoms with van der Waals surface area (Å²) in [7, 11) is 0. The quantitative estimate of drug-likeness (QED) is 0.0160. The van der Waals surface area contributed by atoms with Gasteiger partial charge in [0.05, 0.1) is 13.0 Å². The lowest BCUT2D eigenvalue weighted by molar-refractivity contribution is -0.136. The molecule has 0 fully saturated rings. The Kier molecular flexibility index (Phi) is 24.0. The number of nitrogens with one attached hydrogen (secondary N) is 6. The molecule has 0 aromatic heterocycles. The van der Waals surface area contributed by atoms with Crippen molar-refractivity contribution in [3.8, 4) is 5.40 Å². The van der Waals surface area contributed by atoms with Gasteiger partial charge in [0, 0.05) is 18.2 Å². The second kappa shape index (κ2) is 26.5. The van der Waals surface area contributed by atoms with Gasteiger partial charge in [0.2, 0.25) is 47.3 Å². The molecule has 8 amide bonds. The predicted octanol–water partition coefficient (Wildman–Crippen LogP) is -5.29. The Morgan fingerprint density at radius 1 is 0.704 bits per heavy atom. The number of carbonyl (C=O) groups excluding carboxylic acids is 8. The highest BCUT2D eigenvalue weighted by atomic mass is 32.2. The summed E-state index contributed by atoms with van der Waals surface area (Å²) in [6, 6.07) is -8.31. The third-order valence-electron chi connectivity index (χ3n) is 7.80. The molecule has 7 atom stereocenters. The summed E-state index contributed by atoms with van der Waals surface area (Å²) >= 11 is 0.685. The Balaban J connectivity index is 5.96. The molecule has 0 aromatic carbocycles. The van der Waals surface area contributed by atoms with Crippen molar-refractivity contribution >= 4 is 65.0 Å². The summed E-state index contributed by atoms with van der Waals surface area (Å²) < 4.78 is 0. The summed E-state index contributed by atoms with van der Waals surface area (Å²) in [6.07, 6.45) is 0.980. The second-order valence-corrected chi connectivity index (χ2v) is 13.0. The van der Waals surface area contributed by atoms with Crippen LogP contribution in [0.5, 0.6) is 0 Å². The molecule has 0 aromatic rings. The van der Waals surface area contributed by atoms with Gasteiger partial charge in [-0.25, -0.2) is 0 Å². The van der Waals surface area contributed by atoms with Crippen molar-refractivity contribution in [3.05, 3.63) is 0 Å². The number of guanidine groups is 1. The van der Waals surface area contributed by atoms with E-state index < -0.39 is 102 Å². The minimum Gasteiger partial charge on any atom is -0.394 e. The van der Waals surface area contributed by atoms with E-state index in [0.29, 0.717) is 37.6 Å². The number of hydrogen-bond donors (Lipinski definition) is 12. The Morgan fingerprint density at radius 2 is 1.22 bits per heavy atom. The highest BCUT2D eigenvalue weighted by Crippen LogP contribution is 2.07. The molecular weight excluding hydrogens is 730 g/mol. The number of thiocyanates is 1. The van der Waals surface area contributed by atoms with Gasteiger partial charge in [0.25, 0.3) is 0 Å². The Labute approximate surface area is 317 Å². The molecule has 5 unspecified atom stereocenters. The van der Waals surface area contributed by atoms with Crippen molar-refractivity contribution in [2.45, 2.75) is 102 Å². The molecule has 0 saturated carbocycles. The van der Waals surface area contributed by atoms with Crippen LogP contribution in [0.15, 0.2) is 4.99 Å². The number of unbranched alkanes of at least 4 members (excludes halogenated alkanes) is 1. The van der Waals surface area contributed by atoms with Gasteiger partial charge in [0.1, 0.15) is 41.7 Å².